The first-order valence-corrected chi connectivity index (χ1v) is 5.57. The van der Waals surface area contributed by atoms with Gasteiger partial charge in [0.05, 0.1) is 4.32 Å². The minimum absolute atomic E-state index is 0.290. The SMILES string of the molecule is BrC1(C2=[C]CC=C2)CCCCC1. The van der Waals surface area contributed by atoms with E-state index in [9.17, 15) is 0 Å². The minimum atomic E-state index is 0.290. The van der Waals surface area contributed by atoms with Gasteiger partial charge in [-0.1, -0.05) is 47.3 Å². The quantitative estimate of drug-likeness (QED) is 0.597. The number of hydrogen-bond acceptors (Lipinski definition) is 0. The van der Waals surface area contributed by atoms with E-state index in [1.165, 1.54) is 37.7 Å². The van der Waals surface area contributed by atoms with Gasteiger partial charge in [0.2, 0.25) is 0 Å². The Balaban J connectivity index is 2.13. The van der Waals surface area contributed by atoms with Gasteiger partial charge in [-0.2, -0.15) is 0 Å². The van der Waals surface area contributed by atoms with E-state index in [1.54, 1.807) is 0 Å². The van der Waals surface area contributed by atoms with Crippen molar-refractivity contribution in [2.75, 3.05) is 0 Å². The molecule has 0 nitrogen and oxygen atoms in total. The van der Waals surface area contributed by atoms with Gasteiger partial charge in [0.15, 0.2) is 0 Å². The Bertz CT molecular complexity index is 219. The molecule has 0 spiro atoms. The highest BCUT2D eigenvalue weighted by Gasteiger charge is 2.32. The van der Waals surface area contributed by atoms with E-state index in [-0.39, 0.29) is 4.32 Å². The summed E-state index contributed by atoms with van der Waals surface area (Å²) in [7, 11) is 0. The Morgan fingerprint density at radius 2 is 2.00 bits per heavy atom. The summed E-state index contributed by atoms with van der Waals surface area (Å²) in [4.78, 5) is 0. The summed E-state index contributed by atoms with van der Waals surface area (Å²) in [6.45, 7) is 0. The van der Waals surface area contributed by atoms with Crippen molar-refractivity contribution < 1.29 is 0 Å². The highest BCUT2D eigenvalue weighted by molar-refractivity contribution is 9.10. The zero-order valence-electron chi connectivity index (χ0n) is 7.28. The van der Waals surface area contributed by atoms with Gasteiger partial charge in [-0.25, -0.2) is 0 Å². The second-order valence-electron chi connectivity index (χ2n) is 3.72. The van der Waals surface area contributed by atoms with E-state index in [2.05, 4.69) is 34.2 Å². The molecule has 0 bridgehead atoms. The highest BCUT2D eigenvalue weighted by atomic mass is 79.9. The predicted octanol–water partition coefficient (Wildman–Crippen LogP) is 3.77. The van der Waals surface area contributed by atoms with Crippen LogP contribution in [0.2, 0.25) is 0 Å². The molecule has 0 heterocycles. The minimum Gasteiger partial charge on any atom is -0.0801 e. The summed E-state index contributed by atoms with van der Waals surface area (Å²) in [5.41, 5.74) is 1.40. The predicted molar refractivity (Wildman–Crippen MR) is 55.3 cm³/mol. The van der Waals surface area contributed by atoms with Gasteiger partial charge < -0.3 is 0 Å². The molecule has 0 saturated heterocycles. The number of halogens is 1. The first kappa shape index (κ1) is 8.55. The molecule has 0 amide bonds. The van der Waals surface area contributed by atoms with Crippen LogP contribution < -0.4 is 0 Å². The zero-order chi connectivity index (χ0) is 8.44. The molecule has 2 aliphatic carbocycles. The normalized spacial score (nSPS) is 27.2. The lowest BCUT2D eigenvalue weighted by Gasteiger charge is -2.32. The fourth-order valence-corrected chi connectivity index (χ4v) is 2.93. The molecule has 2 rings (SSSR count). The fraction of sp³-hybridized carbons (Fsp3) is 0.636. The van der Waals surface area contributed by atoms with Gasteiger partial charge in [0, 0.05) is 0 Å². The maximum Gasteiger partial charge on any atom is 0.0508 e. The molecular formula is C11H14Br. The standard InChI is InChI=1S/C11H14Br/c12-11(8-4-1-5-9-11)10-6-2-3-7-10/h2,6H,1,3-5,8-9H2. The van der Waals surface area contributed by atoms with Crippen LogP contribution in [0, 0.1) is 6.08 Å². The summed E-state index contributed by atoms with van der Waals surface area (Å²) in [6.07, 6.45) is 15.6. The molecular weight excluding hydrogens is 212 g/mol. The smallest absolute Gasteiger partial charge is 0.0508 e. The zero-order valence-corrected chi connectivity index (χ0v) is 8.86. The van der Waals surface area contributed by atoms with Crippen molar-refractivity contribution in [3.05, 3.63) is 23.8 Å². The van der Waals surface area contributed by atoms with Crippen molar-refractivity contribution in [1.29, 1.82) is 0 Å². The third kappa shape index (κ3) is 1.52. The topological polar surface area (TPSA) is 0 Å². The molecule has 0 aliphatic heterocycles. The second kappa shape index (κ2) is 3.37. The van der Waals surface area contributed by atoms with Gasteiger partial charge >= 0.3 is 0 Å². The lowest BCUT2D eigenvalue weighted by Crippen LogP contribution is -2.25. The van der Waals surface area contributed by atoms with Crippen LogP contribution in [0.3, 0.4) is 0 Å². The summed E-state index contributed by atoms with van der Waals surface area (Å²) in [6, 6.07) is 0. The number of alkyl halides is 1. The molecule has 0 unspecified atom stereocenters. The van der Waals surface area contributed by atoms with E-state index < -0.39 is 0 Å². The summed E-state index contributed by atoms with van der Waals surface area (Å²) >= 11 is 3.87. The van der Waals surface area contributed by atoms with Crippen LogP contribution in [0.25, 0.3) is 0 Å². The lowest BCUT2D eigenvalue weighted by atomic mass is 9.84. The van der Waals surface area contributed by atoms with Crippen molar-refractivity contribution in [2.24, 2.45) is 0 Å². The van der Waals surface area contributed by atoms with Crippen LogP contribution >= 0.6 is 15.9 Å². The molecule has 1 saturated carbocycles. The number of rotatable bonds is 1. The molecule has 0 aromatic carbocycles. The van der Waals surface area contributed by atoms with Gasteiger partial charge in [0.25, 0.3) is 0 Å². The van der Waals surface area contributed by atoms with Gasteiger partial charge in [0.1, 0.15) is 0 Å². The van der Waals surface area contributed by atoms with Crippen molar-refractivity contribution in [1.82, 2.24) is 0 Å². The first-order chi connectivity index (χ1) is 5.81. The molecule has 0 atom stereocenters. The molecule has 1 heteroatoms. The largest absolute Gasteiger partial charge is 0.0801 e. The van der Waals surface area contributed by atoms with Crippen LogP contribution in [0.1, 0.15) is 38.5 Å². The molecule has 0 aromatic rings. The Labute approximate surface area is 82.9 Å². The van der Waals surface area contributed by atoms with E-state index >= 15 is 0 Å². The van der Waals surface area contributed by atoms with Crippen LogP contribution in [0.4, 0.5) is 0 Å². The number of hydrogen-bond donors (Lipinski definition) is 0. The van der Waals surface area contributed by atoms with Crippen LogP contribution in [-0.4, -0.2) is 4.32 Å². The number of allylic oxidation sites excluding steroid dienone is 4. The maximum absolute atomic E-state index is 3.87. The summed E-state index contributed by atoms with van der Waals surface area (Å²) in [5.74, 6) is 0. The van der Waals surface area contributed by atoms with Crippen molar-refractivity contribution in [3.8, 4) is 0 Å². The van der Waals surface area contributed by atoms with Gasteiger partial charge in [-0.05, 0) is 30.9 Å². The molecule has 65 valence electrons. The average molecular weight is 226 g/mol. The molecule has 12 heavy (non-hydrogen) atoms. The molecule has 1 fully saturated rings. The van der Waals surface area contributed by atoms with Gasteiger partial charge in [-0.15, -0.1) is 0 Å². The summed E-state index contributed by atoms with van der Waals surface area (Å²) < 4.78 is 0.290. The van der Waals surface area contributed by atoms with E-state index in [0.717, 1.165) is 6.42 Å². The van der Waals surface area contributed by atoms with Gasteiger partial charge in [-0.3, -0.25) is 0 Å². The van der Waals surface area contributed by atoms with Crippen molar-refractivity contribution >= 4 is 15.9 Å². The second-order valence-corrected chi connectivity index (χ2v) is 5.24. The van der Waals surface area contributed by atoms with E-state index in [1.807, 2.05) is 0 Å². The third-order valence-electron chi connectivity index (χ3n) is 2.82. The molecule has 1 radical (unpaired) electrons. The highest BCUT2D eigenvalue weighted by Crippen LogP contribution is 2.43. The monoisotopic (exact) mass is 225 g/mol. The average Bonchev–Trinajstić information content (AvgIpc) is 2.58. The Morgan fingerprint density at radius 3 is 2.58 bits per heavy atom. The van der Waals surface area contributed by atoms with E-state index in [0.29, 0.717) is 0 Å². The third-order valence-corrected chi connectivity index (χ3v) is 4.04. The Morgan fingerprint density at radius 1 is 1.25 bits per heavy atom. The Kier molecular flexibility index (Phi) is 2.40. The Hall–Kier alpha value is -0.0400. The van der Waals surface area contributed by atoms with Crippen LogP contribution in [-0.2, 0) is 0 Å². The maximum atomic E-state index is 3.87. The molecule has 0 N–H and O–H groups in total. The first-order valence-electron chi connectivity index (χ1n) is 4.78. The molecule has 2 aliphatic rings. The fourth-order valence-electron chi connectivity index (χ4n) is 2.09. The summed E-state index contributed by atoms with van der Waals surface area (Å²) in [5, 5.41) is 0. The van der Waals surface area contributed by atoms with Crippen LogP contribution in [0.15, 0.2) is 17.7 Å². The van der Waals surface area contributed by atoms with E-state index in [4.69, 9.17) is 0 Å². The lowest BCUT2D eigenvalue weighted by molar-refractivity contribution is 0.449. The molecule has 0 aromatic heterocycles. The van der Waals surface area contributed by atoms with Crippen molar-refractivity contribution in [3.63, 3.8) is 0 Å². The van der Waals surface area contributed by atoms with Crippen LogP contribution in [0.5, 0.6) is 0 Å². The van der Waals surface area contributed by atoms with Crippen molar-refractivity contribution in [2.45, 2.75) is 42.8 Å².